The summed E-state index contributed by atoms with van der Waals surface area (Å²) in [6.45, 7) is 22.3. The number of rotatable bonds is 19. The smallest absolute Gasteiger partial charge is 0.416 e. The van der Waals surface area contributed by atoms with Gasteiger partial charge in [-0.1, -0.05) is 194 Å². The van der Waals surface area contributed by atoms with Gasteiger partial charge in [-0.2, -0.15) is 26.3 Å². The van der Waals surface area contributed by atoms with Crippen LogP contribution in [0.5, 0.6) is 17.2 Å². The molecule has 0 N–H and O–H groups in total. The quantitative estimate of drug-likeness (QED) is 0.0581. The number of piperidine rings is 1. The summed E-state index contributed by atoms with van der Waals surface area (Å²) in [5.74, 6) is 1.18. The number of carbonyl (C=O) groups is 2. The number of carbonyl (C=O) groups excluding carboxylic acids is 2. The van der Waals surface area contributed by atoms with Crippen LogP contribution in [0.2, 0.25) is 0 Å². The highest BCUT2D eigenvalue weighted by Crippen LogP contribution is 2.39. The average Bonchev–Trinajstić information content (AvgIpc) is 0.788. The molecule has 594 valence electrons. The minimum atomic E-state index is -4.53. The molecule has 0 unspecified atom stereocenters. The molecule has 12 aromatic carbocycles. The lowest BCUT2D eigenvalue weighted by atomic mass is 9.85. The first kappa shape index (κ1) is 89.1. The van der Waals surface area contributed by atoms with Crippen molar-refractivity contribution in [3.05, 3.63) is 358 Å². The molecule has 1 fully saturated rings. The van der Waals surface area contributed by atoms with Gasteiger partial charge in [-0.15, -0.1) is 0 Å². The van der Waals surface area contributed by atoms with Crippen LogP contribution in [0.25, 0.3) is 0 Å². The zero-order chi connectivity index (χ0) is 82.5. The number of likely N-dealkylation sites (tertiary alicyclic amines) is 1. The van der Waals surface area contributed by atoms with E-state index < -0.39 is 46.5 Å². The van der Waals surface area contributed by atoms with Gasteiger partial charge < -0.3 is 34.0 Å². The first-order valence-corrected chi connectivity index (χ1v) is 41.4. The maximum Gasteiger partial charge on any atom is 0.416 e. The molecule has 114 heavy (non-hydrogen) atoms. The monoisotopic (exact) mass is 1600 g/mol. The van der Waals surface area contributed by atoms with Crippen LogP contribution in [0.4, 0.5) is 26.3 Å². The van der Waals surface area contributed by atoms with Crippen molar-refractivity contribution in [2.45, 2.75) is 162 Å². The second kappa shape index (κ2) is 43.7. The number of aryl methyl sites for hydroxylation is 2. The number of carboxylic acids is 2. The van der Waals surface area contributed by atoms with Crippen LogP contribution in [-0.4, -0.2) is 51.3 Å². The molecule has 0 saturated carbocycles. The minimum Gasteiger partial charge on any atom is -0.545 e. The molecule has 0 amide bonds. The molecule has 0 aliphatic carbocycles. The van der Waals surface area contributed by atoms with E-state index in [0.29, 0.717) is 29.9 Å². The van der Waals surface area contributed by atoms with Crippen molar-refractivity contribution in [1.29, 1.82) is 0 Å². The van der Waals surface area contributed by atoms with E-state index in [9.17, 15) is 46.1 Å². The number of aromatic carboxylic acids is 2. The Bertz CT molecular complexity index is 4600. The second-order valence-corrected chi connectivity index (χ2v) is 34.1. The molecule has 1 heterocycles. The van der Waals surface area contributed by atoms with Gasteiger partial charge in [-0.3, -0.25) is 4.90 Å². The van der Waals surface area contributed by atoms with Crippen LogP contribution in [-0.2, 0) is 51.6 Å². The Labute approximate surface area is 677 Å². The molecule has 0 atom stereocenters. The number of hydrogen-bond acceptors (Lipinski definition) is 8. The molecule has 17 heteroatoms. The number of ether oxygens (including phenoxy) is 3. The summed E-state index contributed by atoms with van der Waals surface area (Å²) in [5, 5.41) is 20.7. The van der Waals surface area contributed by atoms with E-state index in [4.69, 9.17) is 14.2 Å². The molecule has 1 saturated heterocycles. The molecule has 1 aliphatic heterocycles. The van der Waals surface area contributed by atoms with Crippen LogP contribution in [0.15, 0.2) is 341 Å². The Balaban J connectivity index is 0.000000174. The van der Waals surface area contributed by atoms with Gasteiger partial charge in [0.2, 0.25) is 0 Å². The van der Waals surface area contributed by atoms with E-state index in [1.54, 1.807) is 21.3 Å². The van der Waals surface area contributed by atoms with Gasteiger partial charge in [0.25, 0.3) is 0 Å². The molecule has 0 radical (unpaired) electrons. The van der Waals surface area contributed by atoms with Crippen molar-refractivity contribution in [3.8, 4) is 17.2 Å². The molecule has 0 spiro atoms. The highest BCUT2D eigenvalue weighted by Gasteiger charge is 2.34. The molecular formula is C97H100F6NO7S3+. The molecule has 8 nitrogen and oxygen atoms in total. The standard InChI is InChI=1S/C24H26NS.C21H21O3S.C18H15S.C16H26.2C9H7F3O2/c1-4-10-22(11-5-1)26(23-12-6-2-7-13-23)24-16-14-21(15-17-24)20-25-18-8-3-9-19-25;1-22-16-7-4-10-19(13-16)25(20-11-5-8-17(14-20)23-2)21-12-6-9-18(15-21)24-3;1-4-10-16(11-5-1)19(17-12-6-2-7-13-17)18-14-8-3-9-15-18;1-10(2)14-8-15(11(3)4)13(7)16(9-14)12(5)6;2*1-5-2-6(8(13)14)4-7(3-5)9(10,11)12/h1-2,4-7,10-17H,3,8-9,18-20H2;4-15H,1-3H3;1-15H;8-12H,1-7H3;2*2-4H,1H3,(H,13,14)/q3*+1;;;/p-2. The summed E-state index contributed by atoms with van der Waals surface area (Å²) >= 11 is 0. The number of methoxy groups -OCH3 is 3. The highest BCUT2D eigenvalue weighted by molar-refractivity contribution is 7.97. The first-order chi connectivity index (χ1) is 54.5. The van der Waals surface area contributed by atoms with Crippen LogP contribution >= 0.6 is 0 Å². The lowest BCUT2D eigenvalue weighted by Crippen LogP contribution is -2.29. The fourth-order valence-corrected chi connectivity index (χ4v) is 19.1. The van der Waals surface area contributed by atoms with Gasteiger partial charge in [-0.05, 0) is 248 Å². The summed E-state index contributed by atoms with van der Waals surface area (Å²) in [7, 11) is 4.72. The van der Waals surface area contributed by atoms with Crippen molar-refractivity contribution in [1.82, 2.24) is 4.90 Å². The maximum absolute atomic E-state index is 12.2. The van der Waals surface area contributed by atoms with Crippen LogP contribution in [0.3, 0.4) is 0 Å². The van der Waals surface area contributed by atoms with Crippen LogP contribution in [0, 0.1) is 20.8 Å². The predicted molar refractivity (Wildman–Crippen MR) is 448 cm³/mol. The minimum absolute atomic E-state index is 0.0146. The SMILES string of the molecule is COc1cccc([S+](c2cccc(OC)c2)c2cccc(OC)c2)c1.Cc1c(C(C)C)cc(C(C)C)cc1C(C)C.Cc1cc(C(=O)[O-])cc(C(F)(F)F)c1.Cc1cc(C(=O)[O-])cc(C(F)(F)F)c1.c1ccc([S+](c2ccccc2)c2ccc(CN3CCCCC3)cc2)cc1.c1ccc([S+](c2ccccc2)c2ccccc2)cc1. The zero-order valence-electron chi connectivity index (χ0n) is 66.6. The van der Waals surface area contributed by atoms with Crippen LogP contribution in [0.1, 0.15) is 149 Å². The Morgan fingerprint density at radius 2 is 0.649 bits per heavy atom. The zero-order valence-corrected chi connectivity index (χ0v) is 69.0. The van der Waals surface area contributed by atoms with Gasteiger partial charge in [0.05, 0.1) is 77.1 Å². The first-order valence-electron chi connectivity index (χ1n) is 37.7. The number of nitrogens with zero attached hydrogens (tertiary/aromatic N) is 1. The van der Waals surface area contributed by atoms with Crippen molar-refractivity contribution in [2.24, 2.45) is 0 Å². The van der Waals surface area contributed by atoms with Crippen LogP contribution < -0.4 is 24.4 Å². The molecule has 0 bridgehead atoms. The topological polar surface area (TPSA) is 111 Å². The summed E-state index contributed by atoms with van der Waals surface area (Å²) in [6.07, 6.45) is -4.97. The largest absolute Gasteiger partial charge is 0.545 e. The molecule has 0 aromatic heterocycles. The molecule has 13 rings (SSSR count). The average molecular weight is 1600 g/mol. The van der Waals surface area contributed by atoms with E-state index in [2.05, 4.69) is 278 Å². The van der Waals surface area contributed by atoms with Gasteiger partial charge in [0.15, 0.2) is 44.1 Å². The number of benzene rings is 12. The van der Waals surface area contributed by atoms with E-state index in [1.165, 1.54) is 118 Å². The Hall–Kier alpha value is -10.4. The van der Waals surface area contributed by atoms with Crippen molar-refractivity contribution < 1.29 is 60.4 Å². The van der Waals surface area contributed by atoms with E-state index in [1.807, 2.05) is 36.4 Å². The van der Waals surface area contributed by atoms with Gasteiger partial charge in [-0.25, -0.2) is 0 Å². The number of halogens is 6. The molecule has 1 aliphatic rings. The van der Waals surface area contributed by atoms with E-state index in [0.717, 1.165) is 48.1 Å². The number of alkyl halides is 6. The third-order valence-corrected chi connectivity index (χ3v) is 25.1. The Kier molecular flexibility index (Phi) is 34.2. The Morgan fingerprint density at radius 1 is 0.360 bits per heavy atom. The van der Waals surface area contributed by atoms with Crippen molar-refractivity contribution in [3.63, 3.8) is 0 Å². The fourth-order valence-electron chi connectivity index (χ4n) is 12.7. The summed E-state index contributed by atoms with van der Waals surface area (Å²) < 4.78 is 89.5. The number of carboxylic acid groups (broad SMARTS) is 2. The predicted octanol–water partition coefficient (Wildman–Crippen LogP) is 23.5. The molecule has 12 aromatic rings. The van der Waals surface area contributed by atoms with E-state index >= 15 is 0 Å². The van der Waals surface area contributed by atoms with Gasteiger partial charge in [0.1, 0.15) is 17.2 Å². The third kappa shape index (κ3) is 26.9. The second-order valence-electron chi connectivity index (χ2n) is 28.0. The highest BCUT2D eigenvalue weighted by atomic mass is 32.2. The maximum atomic E-state index is 12.2. The van der Waals surface area contributed by atoms with Crippen molar-refractivity contribution >= 4 is 44.6 Å². The van der Waals surface area contributed by atoms with Gasteiger partial charge >= 0.3 is 12.4 Å². The summed E-state index contributed by atoms with van der Waals surface area (Å²) in [4.78, 5) is 35.1. The number of hydrogen-bond donors (Lipinski definition) is 0. The fraction of sp³-hybridized carbons (Fsp3) is 0.237. The lowest BCUT2D eigenvalue weighted by Gasteiger charge is -2.26. The summed E-state index contributed by atoms with van der Waals surface area (Å²) in [6, 6.07) is 97.8. The van der Waals surface area contributed by atoms with E-state index in [-0.39, 0.29) is 43.8 Å². The third-order valence-electron chi connectivity index (χ3n) is 18.4. The van der Waals surface area contributed by atoms with Crippen molar-refractivity contribution in [2.75, 3.05) is 34.4 Å². The summed E-state index contributed by atoms with van der Waals surface area (Å²) in [5.41, 5.74) is 5.05. The van der Waals surface area contributed by atoms with Gasteiger partial charge in [0, 0.05) is 24.7 Å². The Morgan fingerprint density at radius 3 is 0.921 bits per heavy atom. The molecular weight excluding hydrogens is 1500 g/mol. The normalized spacial score (nSPS) is 12.0. The lowest BCUT2D eigenvalue weighted by molar-refractivity contribution is -0.256.